The maximum Gasteiger partial charge on any atom is 0.227 e. The molecule has 2 nitrogen and oxygen atoms in total. The van der Waals surface area contributed by atoms with Crippen molar-refractivity contribution >= 4 is 0 Å². The SMILES string of the molecule is C.C.C.C.C.C.C.C.C.C.C.C.C.C.C.C.CCC.CCCC.CCCF.CCF.CCF.CCOCC.CF.CF.CF.FCOF. The van der Waals surface area contributed by atoms with Crippen LogP contribution in [0.4, 0.5) is 35.3 Å². The third-order valence-electron chi connectivity index (χ3n) is 1.14. The molecule has 0 aromatic carbocycles. The van der Waals surface area contributed by atoms with Crippen molar-refractivity contribution in [3.05, 3.63) is 0 Å². The van der Waals surface area contributed by atoms with E-state index in [-0.39, 0.29) is 139 Å². The van der Waals surface area contributed by atoms with Gasteiger partial charge in [-0.1, -0.05) is 173 Å². The summed E-state index contributed by atoms with van der Waals surface area (Å²) in [6, 6.07) is 0. The quantitative estimate of drug-likeness (QED) is 0.260. The molecule has 0 saturated carbocycles. The summed E-state index contributed by atoms with van der Waals surface area (Å²) in [7, 11) is 1.50. The smallest absolute Gasteiger partial charge is 0.227 e. The average Bonchev–Trinajstić information content (AvgIpc) is 2.85. The highest BCUT2D eigenvalue weighted by Gasteiger charge is 1.64. The van der Waals surface area contributed by atoms with Crippen LogP contribution in [0.1, 0.15) is 207 Å². The molecule has 0 saturated heterocycles. The number of unbranched alkanes of at least 4 members (excludes halogenated alkanes) is 1. The second-order valence-corrected chi connectivity index (χ2v) is 3.93. The summed E-state index contributed by atoms with van der Waals surface area (Å²) >= 11 is 0. The lowest BCUT2D eigenvalue weighted by molar-refractivity contribution is -0.167. The van der Waals surface area contributed by atoms with E-state index in [1.165, 1.54) is 33.1 Å². The predicted octanol–water partition coefficient (Wildman–Crippen LogP) is 20.3. The van der Waals surface area contributed by atoms with Gasteiger partial charge in [0.2, 0.25) is 6.86 Å². The largest absolute Gasteiger partial charge is 0.382 e. The van der Waals surface area contributed by atoms with Crippen LogP contribution in [-0.4, -0.2) is 61.6 Å². The van der Waals surface area contributed by atoms with Gasteiger partial charge in [-0.15, -0.1) is 0 Å². The van der Waals surface area contributed by atoms with Gasteiger partial charge in [-0.05, 0) is 38.6 Å². The van der Waals surface area contributed by atoms with Crippen molar-refractivity contribution < 1.29 is 44.9 Å². The second-order valence-electron chi connectivity index (χ2n) is 3.93. The lowest BCUT2D eigenvalue weighted by Crippen LogP contribution is -1.84. The third kappa shape index (κ3) is 4700. The maximum atomic E-state index is 10.7. The highest BCUT2D eigenvalue weighted by atomic mass is 19.3. The van der Waals surface area contributed by atoms with Crippen molar-refractivity contribution in [2.45, 2.75) is 207 Å². The van der Waals surface area contributed by atoms with Gasteiger partial charge in [-0.2, -0.15) is 4.94 Å². The summed E-state index contributed by atoms with van der Waals surface area (Å²) in [4.78, 5) is 2.38. The Morgan fingerprint density at radius 2 is 0.458 bits per heavy atom. The van der Waals surface area contributed by atoms with E-state index in [0.717, 1.165) is 13.2 Å². The third-order valence-corrected chi connectivity index (χ3v) is 1.14. The van der Waals surface area contributed by atoms with Crippen LogP contribution < -0.4 is 0 Å². The summed E-state index contributed by atoms with van der Waals surface area (Å²) in [6.07, 6.45) is 4.54. The van der Waals surface area contributed by atoms with Gasteiger partial charge in [-0.3, -0.25) is 26.3 Å². The molecule has 0 N–H and O–H groups in total. The van der Waals surface area contributed by atoms with Gasteiger partial charge in [-0.25, -0.2) is 4.39 Å². The Hall–Kier alpha value is -0.640. The van der Waals surface area contributed by atoms with E-state index in [0.29, 0.717) is 28.0 Å². The first-order chi connectivity index (χ1) is 15.4. The first kappa shape index (κ1) is 223. The van der Waals surface area contributed by atoms with E-state index in [1.807, 2.05) is 13.8 Å². The van der Waals surface area contributed by atoms with E-state index >= 15 is 0 Å². The molecule has 0 atom stereocenters. The van der Waals surface area contributed by atoms with Crippen LogP contribution in [-0.2, 0) is 9.68 Å². The molecule has 0 aliphatic carbocycles. The number of hydrogen-bond donors (Lipinski definition) is 0. The monoisotopic (exact) mass is 761 g/mol. The van der Waals surface area contributed by atoms with Crippen LogP contribution in [0.2, 0.25) is 0 Å². The molecular weight excluding hydrogens is 640 g/mol. The summed E-state index contributed by atoms with van der Waals surface area (Å²) in [5.74, 6) is 0. The van der Waals surface area contributed by atoms with Crippen molar-refractivity contribution in [1.82, 2.24) is 0 Å². The van der Waals surface area contributed by atoms with E-state index in [4.69, 9.17) is 4.74 Å². The number of hydrogen-bond acceptors (Lipinski definition) is 2. The number of ether oxygens (including phenoxy) is 1. The molecule has 0 radical (unpaired) electrons. The minimum Gasteiger partial charge on any atom is -0.382 e. The molecule has 0 rings (SSSR count). The van der Waals surface area contributed by atoms with Crippen LogP contribution in [0.25, 0.3) is 0 Å². The van der Waals surface area contributed by atoms with E-state index in [2.05, 4.69) is 32.6 Å². The lowest BCUT2D eigenvalue weighted by Gasteiger charge is -1.86. The molecule has 0 fully saturated rings. The van der Waals surface area contributed by atoms with E-state index in [9.17, 15) is 35.3 Å². The molecule has 0 aliphatic rings. The maximum absolute atomic E-state index is 10.7. The fourth-order valence-electron chi connectivity index (χ4n) is 0.204. The second kappa shape index (κ2) is 739. The van der Waals surface area contributed by atoms with Gasteiger partial charge < -0.3 is 4.74 Å². The van der Waals surface area contributed by atoms with Gasteiger partial charge in [0, 0.05) is 13.2 Å². The molecule has 0 heterocycles. The molecule has 0 amide bonds. The van der Waals surface area contributed by atoms with E-state index in [1.54, 1.807) is 6.92 Å². The molecule has 10 heteroatoms. The Balaban J connectivity index is -0.00000000455. The molecule has 48 heavy (non-hydrogen) atoms. The van der Waals surface area contributed by atoms with Crippen molar-refractivity contribution in [2.24, 2.45) is 0 Å². The van der Waals surface area contributed by atoms with Crippen molar-refractivity contribution in [2.75, 3.05) is 61.6 Å². The molecule has 0 unspecified atom stereocenters. The highest BCUT2D eigenvalue weighted by molar-refractivity contribution is 4.12. The van der Waals surface area contributed by atoms with Crippen LogP contribution in [0.15, 0.2) is 0 Å². The Bertz CT molecular complexity index is 106. The Morgan fingerprint density at radius 3 is 0.458 bits per heavy atom. The molecule has 0 aromatic rings. The lowest BCUT2D eigenvalue weighted by atomic mass is 10.4. The van der Waals surface area contributed by atoms with Gasteiger partial charge >= 0.3 is 0 Å². The zero-order valence-corrected chi connectivity index (χ0v) is 22.9. The van der Waals surface area contributed by atoms with E-state index < -0.39 is 6.86 Å². The summed E-state index contributed by atoms with van der Waals surface area (Å²) in [5.41, 5.74) is 0. The van der Waals surface area contributed by atoms with Gasteiger partial charge in [0.1, 0.15) is 0 Å². The van der Waals surface area contributed by atoms with Crippen LogP contribution in [0, 0.1) is 0 Å². The number of alkyl halides is 7. The Kier molecular flexibility index (Phi) is 3440. The summed E-state index contributed by atoms with van der Waals surface area (Å²) in [5, 5.41) is 0. The zero-order valence-electron chi connectivity index (χ0n) is 22.9. The van der Waals surface area contributed by atoms with Crippen LogP contribution >= 0.6 is 0 Å². The van der Waals surface area contributed by atoms with Gasteiger partial charge in [0.05, 0.1) is 41.6 Å². The number of halogens is 8. The first-order valence-electron chi connectivity index (χ1n) is 10.6. The standard InChI is InChI=1S/C4H10O.C4H10.C3H7F.C3H8.2C2H5F.CH2F2O.3CH3F.16CH4/c1-3-5-4-2;1-3-4-2;1-2-3-4;1-3-2;2*1-2-3;2-1-4-3;3*1-2;;;;;;;;;;;;;;;;/h3-4H2,1-2H3;3-4H2,1-2H3;2-3H2,1H3;3H2,1-2H3;2*2H2,1H3;1H2;3*1H3;16*1H4. The summed E-state index contributed by atoms with van der Waals surface area (Å²) < 4.78 is 84.6. The Labute approximate surface area is 313 Å². The highest BCUT2D eigenvalue weighted by Crippen LogP contribution is 1.76. The fraction of sp³-hybridized carbons (Fsp3) is 1.00. The average molecular weight is 761 g/mol. The minimum absolute atomic E-state index is 0. The minimum atomic E-state index is -1.35. The van der Waals surface area contributed by atoms with Crippen molar-refractivity contribution in [3.8, 4) is 0 Å². The van der Waals surface area contributed by atoms with Crippen molar-refractivity contribution in [1.29, 1.82) is 0 Å². The fourth-order valence-corrected chi connectivity index (χ4v) is 0.204. The van der Waals surface area contributed by atoms with Gasteiger partial charge in [0.15, 0.2) is 0 Å². The Morgan fingerprint density at radius 1 is 0.354 bits per heavy atom. The predicted molar refractivity (Wildman–Crippen MR) is 235 cm³/mol. The normalized spacial score (nSPS) is 4.25. The topological polar surface area (TPSA) is 18.5 Å². The molecular formula is C38H120F8O2. The van der Waals surface area contributed by atoms with Crippen LogP contribution in [0.3, 0.4) is 0 Å². The first-order valence-corrected chi connectivity index (χ1v) is 10.6. The molecule has 0 bridgehead atoms. The van der Waals surface area contributed by atoms with Gasteiger partial charge in [0.25, 0.3) is 0 Å². The van der Waals surface area contributed by atoms with Crippen LogP contribution in [0.5, 0.6) is 0 Å². The number of rotatable bonds is 5. The summed E-state index contributed by atoms with van der Waals surface area (Å²) in [6.45, 7) is 17.0. The molecule has 0 aliphatic heterocycles. The molecule has 340 valence electrons. The van der Waals surface area contributed by atoms with Crippen molar-refractivity contribution in [3.63, 3.8) is 0 Å². The molecule has 0 spiro atoms. The molecule has 0 aromatic heterocycles. The zero-order chi connectivity index (χ0) is 28.5.